The topological polar surface area (TPSA) is 101 Å². The van der Waals surface area contributed by atoms with Gasteiger partial charge in [-0.1, -0.05) is 0 Å². The van der Waals surface area contributed by atoms with E-state index >= 15 is 0 Å². The van der Waals surface area contributed by atoms with E-state index in [-0.39, 0.29) is 0 Å². The van der Waals surface area contributed by atoms with E-state index in [1.165, 1.54) is 0 Å². The Morgan fingerprint density at radius 3 is 2.56 bits per heavy atom. The van der Waals surface area contributed by atoms with Crippen LogP contribution in [0.25, 0.3) is 0 Å². The third-order valence-electron chi connectivity index (χ3n) is 1.82. The molecule has 1 rings (SSSR count). The van der Waals surface area contributed by atoms with Crippen LogP contribution in [0.4, 0.5) is 0 Å². The first-order valence-corrected chi connectivity index (χ1v) is 7.29. The van der Waals surface area contributed by atoms with E-state index in [0.717, 1.165) is 11.8 Å². The molecule has 1 aliphatic rings. The SMILES string of the molecule is CSC(S)ON1C(=O)CC(S(=O)(=O)O)C1=O. The Bertz CT molecular complexity index is 406. The Labute approximate surface area is 102 Å². The largest absolute Gasteiger partial charge is 0.285 e. The second-order valence-electron chi connectivity index (χ2n) is 2.88. The van der Waals surface area contributed by atoms with Crippen LogP contribution < -0.4 is 0 Å². The van der Waals surface area contributed by atoms with Gasteiger partial charge in [0.15, 0.2) is 10.0 Å². The second kappa shape index (κ2) is 4.92. The van der Waals surface area contributed by atoms with Crippen LogP contribution in [0.15, 0.2) is 0 Å². The highest BCUT2D eigenvalue weighted by molar-refractivity contribution is 8.09. The molecule has 10 heteroatoms. The number of rotatable bonds is 4. The number of thiol groups is 1. The summed E-state index contributed by atoms with van der Waals surface area (Å²) in [6.07, 6.45) is 1.01. The summed E-state index contributed by atoms with van der Waals surface area (Å²) in [5.41, 5.74) is 0. The summed E-state index contributed by atoms with van der Waals surface area (Å²) in [5, 5.41) is -1.45. The average molecular weight is 287 g/mol. The van der Waals surface area contributed by atoms with Crippen molar-refractivity contribution in [3.63, 3.8) is 0 Å². The number of hydrogen-bond donors (Lipinski definition) is 2. The van der Waals surface area contributed by atoms with E-state index in [0.29, 0.717) is 5.06 Å². The van der Waals surface area contributed by atoms with Crippen LogP contribution in [0, 0.1) is 0 Å². The van der Waals surface area contributed by atoms with Crippen LogP contribution in [0.3, 0.4) is 0 Å². The minimum atomic E-state index is -4.58. The van der Waals surface area contributed by atoms with Crippen molar-refractivity contribution in [1.29, 1.82) is 0 Å². The summed E-state index contributed by atoms with van der Waals surface area (Å²) in [5.74, 6) is -1.92. The minimum Gasteiger partial charge on any atom is -0.285 e. The molecule has 1 N–H and O–H groups in total. The summed E-state index contributed by atoms with van der Waals surface area (Å²) < 4.78 is 29.5. The quantitative estimate of drug-likeness (QED) is 0.311. The average Bonchev–Trinajstić information content (AvgIpc) is 2.44. The molecule has 7 nitrogen and oxygen atoms in total. The van der Waals surface area contributed by atoms with E-state index in [1.54, 1.807) is 6.26 Å². The van der Waals surface area contributed by atoms with E-state index in [2.05, 4.69) is 12.6 Å². The second-order valence-corrected chi connectivity index (χ2v) is 6.20. The van der Waals surface area contributed by atoms with Gasteiger partial charge in [-0.05, 0) is 6.26 Å². The lowest BCUT2D eigenvalue weighted by atomic mass is 10.4. The van der Waals surface area contributed by atoms with Crippen LogP contribution in [0.5, 0.6) is 0 Å². The van der Waals surface area contributed by atoms with Crippen molar-refractivity contribution >= 4 is 46.3 Å². The third-order valence-corrected chi connectivity index (χ3v) is 4.12. The van der Waals surface area contributed by atoms with Crippen molar-refractivity contribution in [3.8, 4) is 0 Å². The van der Waals surface area contributed by atoms with Gasteiger partial charge in [-0.3, -0.25) is 14.1 Å². The molecule has 1 fully saturated rings. The summed E-state index contributed by atoms with van der Waals surface area (Å²) in [6.45, 7) is 0. The third kappa shape index (κ3) is 2.88. The van der Waals surface area contributed by atoms with E-state index in [4.69, 9.17) is 9.39 Å². The molecule has 2 unspecified atom stereocenters. The number of carbonyl (C=O) groups is 2. The fourth-order valence-corrected chi connectivity index (χ4v) is 2.03. The Morgan fingerprint density at radius 1 is 1.62 bits per heavy atom. The van der Waals surface area contributed by atoms with Crippen molar-refractivity contribution < 1.29 is 27.4 Å². The molecule has 1 saturated heterocycles. The van der Waals surface area contributed by atoms with Gasteiger partial charge in [0.1, 0.15) is 0 Å². The monoisotopic (exact) mass is 287 g/mol. The molecule has 0 radical (unpaired) electrons. The van der Waals surface area contributed by atoms with Crippen molar-refractivity contribution in [2.45, 2.75) is 16.4 Å². The van der Waals surface area contributed by atoms with Crippen molar-refractivity contribution in [3.05, 3.63) is 0 Å². The molecule has 92 valence electrons. The molecular weight excluding hydrogens is 278 g/mol. The van der Waals surface area contributed by atoms with Gasteiger partial charge in [0.2, 0.25) is 0 Å². The predicted molar refractivity (Wildman–Crippen MR) is 59.2 cm³/mol. The van der Waals surface area contributed by atoms with Crippen LogP contribution in [-0.4, -0.2) is 46.1 Å². The van der Waals surface area contributed by atoms with Crippen molar-refractivity contribution in [2.75, 3.05) is 6.26 Å². The van der Waals surface area contributed by atoms with Crippen LogP contribution in [-0.2, 0) is 24.5 Å². The van der Waals surface area contributed by atoms with Gasteiger partial charge in [0.05, 0.1) is 6.42 Å². The molecule has 1 aliphatic heterocycles. The molecule has 0 aromatic rings. The van der Waals surface area contributed by atoms with Gasteiger partial charge in [0, 0.05) is 0 Å². The number of thioether (sulfide) groups is 1. The Kier molecular flexibility index (Phi) is 4.23. The van der Waals surface area contributed by atoms with Crippen LogP contribution in [0.1, 0.15) is 6.42 Å². The number of amides is 2. The van der Waals surface area contributed by atoms with Crippen LogP contribution in [0.2, 0.25) is 0 Å². The Morgan fingerprint density at radius 2 is 2.19 bits per heavy atom. The maximum absolute atomic E-state index is 11.4. The normalized spacial score (nSPS) is 23.9. The fraction of sp³-hybridized carbons (Fsp3) is 0.667. The first kappa shape index (κ1) is 13.8. The molecule has 0 bridgehead atoms. The van der Waals surface area contributed by atoms with Gasteiger partial charge < -0.3 is 0 Å². The molecular formula is C6H9NO6S3. The van der Waals surface area contributed by atoms with Gasteiger partial charge in [0.25, 0.3) is 21.9 Å². The molecule has 16 heavy (non-hydrogen) atoms. The number of nitrogens with zero attached hydrogens (tertiary/aromatic N) is 1. The Hall–Kier alpha value is -0.290. The number of carbonyl (C=O) groups excluding carboxylic acids is 2. The standard InChI is InChI=1S/C6H9NO6S3/c1-15-6(14)13-7-4(8)2-3(5(7)9)16(10,11)12/h3,6,14H,2H2,1H3,(H,10,11,12). The van der Waals surface area contributed by atoms with Gasteiger partial charge in [-0.15, -0.1) is 29.5 Å². The van der Waals surface area contributed by atoms with Gasteiger partial charge >= 0.3 is 0 Å². The lowest BCUT2D eigenvalue weighted by molar-refractivity contribution is -0.184. The molecule has 1 heterocycles. The molecule has 0 aliphatic carbocycles. The summed E-state index contributed by atoms with van der Waals surface area (Å²) >= 11 is 4.98. The zero-order valence-corrected chi connectivity index (χ0v) is 10.6. The molecule has 0 aromatic carbocycles. The first-order chi connectivity index (χ1) is 7.27. The highest BCUT2D eigenvalue weighted by Gasteiger charge is 2.47. The summed E-state index contributed by atoms with van der Waals surface area (Å²) in [6, 6.07) is 0. The minimum absolute atomic E-state index is 0.326. The fourth-order valence-electron chi connectivity index (χ4n) is 1.06. The molecule has 0 saturated carbocycles. The van der Waals surface area contributed by atoms with Crippen molar-refractivity contribution in [1.82, 2.24) is 5.06 Å². The molecule has 0 spiro atoms. The highest BCUT2D eigenvalue weighted by Crippen LogP contribution is 2.23. The predicted octanol–water partition coefficient (Wildman–Crippen LogP) is -0.490. The number of imide groups is 1. The van der Waals surface area contributed by atoms with E-state index < -0.39 is 38.4 Å². The summed E-state index contributed by atoms with van der Waals surface area (Å²) in [7, 11) is -4.58. The smallest absolute Gasteiger partial charge is 0.277 e. The molecule has 2 amide bonds. The maximum Gasteiger partial charge on any atom is 0.277 e. The van der Waals surface area contributed by atoms with E-state index in [1.807, 2.05) is 0 Å². The lowest BCUT2D eigenvalue weighted by Crippen LogP contribution is -2.36. The van der Waals surface area contributed by atoms with Gasteiger partial charge in [-0.25, -0.2) is 4.84 Å². The number of hydroxylamine groups is 2. The highest BCUT2D eigenvalue weighted by atomic mass is 32.2. The zero-order valence-electron chi connectivity index (χ0n) is 8.06. The maximum atomic E-state index is 11.4. The first-order valence-electron chi connectivity index (χ1n) is 3.98. The summed E-state index contributed by atoms with van der Waals surface area (Å²) in [4.78, 5) is 27.5. The molecule has 2 atom stereocenters. The van der Waals surface area contributed by atoms with E-state index in [9.17, 15) is 18.0 Å². The number of hydrogen-bond acceptors (Lipinski definition) is 7. The van der Waals surface area contributed by atoms with Crippen LogP contribution >= 0.6 is 24.4 Å². The Balaban J connectivity index is 2.84. The molecule has 0 aromatic heterocycles. The van der Waals surface area contributed by atoms with Crippen molar-refractivity contribution in [2.24, 2.45) is 0 Å². The van der Waals surface area contributed by atoms with Gasteiger partial charge in [-0.2, -0.15) is 8.42 Å². The lowest BCUT2D eigenvalue weighted by Gasteiger charge is -2.16. The zero-order chi connectivity index (χ0) is 12.5.